The zero-order chi connectivity index (χ0) is 27.5. The lowest BCUT2D eigenvalue weighted by Gasteiger charge is -2.17. The van der Waals surface area contributed by atoms with Crippen molar-refractivity contribution in [2.75, 3.05) is 5.32 Å². The molecule has 4 heterocycles. The number of hydrogen-bond acceptors (Lipinski definition) is 6. The monoisotopic (exact) mass is 617 g/mol. The average Bonchev–Trinajstić information content (AvgIpc) is 3.25. The van der Waals surface area contributed by atoms with E-state index in [-0.39, 0.29) is 48.2 Å². The van der Waals surface area contributed by atoms with E-state index in [2.05, 4.69) is 31.3 Å². The van der Waals surface area contributed by atoms with E-state index in [0.717, 1.165) is 10.7 Å². The number of amides is 2. The van der Waals surface area contributed by atoms with Gasteiger partial charge in [0, 0.05) is 16.9 Å². The predicted molar refractivity (Wildman–Crippen MR) is 131 cm³/mol. The van der Waals surface area contributed by atoms with Crippen molar-refractivity contribution in [2.24, 2.45) is 5.73 Å². The van der Waals surface area contributed by atoms with Crippen molar-refractivity contribution in [2.45, 2.75) is 44.3 Å². The zero-order valence-electron chi connectivity index (χ0n) is 19.3. The van der Waals surface area contributed by atoms with E-state index in [9.17, 15) is 31.5 Å². The van der Waals surface area contributed by atoms with E-state index in [0.29, 0.717) is 24.2 Å². The maximum Gasteiger partial charge on any atom is 0.436 e. The third-order valence-corrected chi connectivity index (χ3v) is 7.91. The van der Waals surface area contributed by atoms with Gasteiger partial charge < -0.3 is 15.5 Å². The molecule has 0 spiro atoms. The van der Waals surface area contributed by atoms with Crippen LogP contribution in [-0.2, 0) is 11.0 Å². The van der Waals surface area contributed by atoms with Crippen LogP contribution in [0.25, 0.3) is 21.5 Å². The molecule has 0 aromatic carbocycles. The molecular weight excluding hydrogens is 601 g/mol. The van der Waals surface area contributed by atoms with Crippen molar-refractivity contribution in [1.82, 2.24) is 14.8 Å². The van der Waals surface area contributed by atoms with Crippen LogP contribution >= 0.6 is 27.3 Å². The van der Waals surface area contributed by atoms with E-state index in [4.69, 9.17) is 10.2 Å². The first kappa shape index (κ1) is 26.3. The molecule has 15 heteroatoms. The van der Waals surface area contributed by atoms with E-state index in [1.54, 1.807) is 0 Å². The first-order valence-corrected chi connectivity index (χ1v) is 12.7. The molecule has 1 aliphatic rings. The number of carbonyl (C=O) groups is 2. The number of furan rings is 1. The molecule has 2 amide bonds. The maximum atomic E-state index is 13.6. The summed E-state index contributed by atoms with van der Waals surface area (Å²) in [6, 6.07) is 2.86. The molecule has 3 N–H and O–H groups in total. The van der Waals surface area contributed by atoms with Crippen molar-refractivity contribution in [3.8, 4) is 11.3 Å². The van der Waals surface area contributed by atoms with Crippen LogP contribution in [0.15, 0.2) is 33.4 Å². The van der Waals surface area contributed by atoms with E-state index in [1.807, 2.05) is 0 Å². The summed E-state index contributed by atoms with van der Waals surface area (Å²) in [6.45, 7) is 1.36. The number of anilines is 1. The summed E-state index contributed by atoms with van der Waals surface area (Å²) >= 11 is 3.69. The number of nitrogens with one attached hydrogen (secondary N) is 1. The van der Waals surface area contributed by atoms with Gasteiger partial charge >= 0.3 is 6.18 Å². The van der Waals surface area contributed by atoms with Gasteiger partial charge in [-0.3, -0.25) is 14.3 Å². The van der Waals surface area contributed by atoms with Crippen molar-refractivity contribution in [3.63, 3.8) is 0 Å². The molecule has 1 unspecified atom stereocenters. The first-order valence-electron chi connectivity index (χ1n) is 11.1. The zero-order valence-corrected chi connectivity index (χ0v) is 21.7. The van der Waals surface area contributed by atoms with Crippen LogP contribution in [-0.4, -0.2) is 26.6 Å². The lowest BCUT2D eigenvalue weighted by atomic mass is 10.1. The van der Waals surface area contributed by atoms with Crippen LogP contribution in [0.2, 0.25) is 0 Å². The minimum Gasteiger partial charge on any atom is -0.464 e. The van der Waals surface area contributed by atoms with Crippen LogP contribution in [0.5, 0.6) is 0 Å². The third kappa shape index (κ3) is 4.57. The van der Waals surface area contributed by atoms with Crippen LogP contribution in [0.1, 0.15) is 64.9 Å². The first-order chi connectivity index (χ1) is 17.9. The number of aromatic nitrogens is 3. The molecule has 0 saturated heterocycles. The summed E-state index contributed by atoms with van der Waals surface area (Å²) in [6.07, 6.45) is -5.09. The Morgan fingerprint density at radius 3 is 2.58 bits per heavy atom. The van der Waals surface area contributed by atoms with Crippen LogP contribution in [0, 0.1) is 0 Å². The molecule has 1 atom stereocenters. The van der Waals surface area contributed by atoms with Crippen molar-refractivity contribution in [1.29, 1.82) is 0 Å². The van der Waals surface area contributed by atoms with Crippen LogP contribution in [0.3, 0.4) is 0 Å². The number of thiophene rings is 1. The Kier molecular flexibility index (Phi) is 6.54. The molecular formula is C23H17BrF5N5O3S. The molecule has 0 aliphatic heterocycles. The van der Waals surface area contributed by atoms with Gasteiger partial charge in [0.1, 0.15) is 27.2 Å². The molecule has 200 valence electrons. The highest BCUT2D eigenvalue weighted by Gasteiger charge is 2.43. The smallest absolute Gasteiger partial charge is 0.436 e. The predicted octanol–water partition coefficient (Wildman–Crippen LogP) is 6.65. The van der Waals surface area contributed by atoms with Gasteiger partial charge in [-0.2, -0.15) is 18.3 Å². The quantitative estimate of drug-likeness (QED) is 0.225. The van der Waals surface area contributed by atoms with Crippen molar-refractivity contribution >= 4 is 55.0 Å². The van der Waals surface area contributed by atoms with Crippen LogP contribution in [0.4, 0.5) is 27.6 Å². The van der Waals surface area contributed by atoms with Crippen LogP contribution < -0.4 is 11.1 Å². The number of carbonyl (C=O) groups excluding carboxylic acids is 2. The molecule has 1 fully saturated rings. The summed E-state index contributed by atoms with van der Waals surface area (Å²) in [7, 11) is 0. The fourth-order valence-corrected chi connectivity index (χ4v) is 5.94. The second-order valence-corrected chi connectivity index (χ2v) is 10.4. The summed E-state index contributed by atoms with van der Waals surface area (Å²) in [4.78, 5) is 29.4. The molecule has 1 saturated carbocycles. The van der Waals surface area contributed by atoms with E-state index < -0.39 is 41.8 Å². The molecule has 38 heavy (non-hydrogen) atoms. The van der Waals surface area contributed by atoms with Gasteiger partial charge in [-0.25, -0.2) is 13.8 Å². The largest absolute Gasteiger partial charge is 0.464 e. The highest BCUT2D eigenvalue weighted by Crippen LogP contribution is 2.48. The van der Waals surface area contributed by atoms with Gasteiger partial charge in [0.05, 0.1) is 22.1 Å². The van der Waals surface area contributed by atoms with E-state index >= 15 is 0 Å². The molecule has 4 aromatic rings. The Morgan fingerprint density at radius 1 is 1.32 bits per heavy atom. The number of nitrogens with two attached hydrogens (primary N) is 1. The summed E-state index contributed by atoms with van der Waals surface area (Å²) in [5, 5.41) is 6.38. The lowest BCUT2D eigenvalue weighted by Crippen LogP contribution is -2.27. The normalized spacial score (nSPS) is 14.8. The number of pyridine rings is 1. The van der Waals surface area contributed by atoms with Gasteiger partial charge in [0.25, 0.3) is 12.3 Å². The number of nitrogens with zero attached hydrogens (tertiary/aromatic N) is 3. The number of primary amides is 1. The molecule has 0 radical (unpaired) electrons. The highest BCUT2D eigenvalue weighted by atomic mass is 79.9. The fourth-order valence-electron chi connectivity index (χ4n) is 4.11. The second kappa shape index (κ2) is 9.45. The van der Waals surface area contributed by atoms with Gasteiger partial charge in [-0.15, -0.1) is 11.3 Å². The van der Waals surface area contributed by atoms with Gasteiger partial charge in [-0.05, 0) is 53.9 Å². The Bertz CT molecular complexity index is 1560. The molecule has 1 aliphatic carbocycles. The number of halogens is 6. The molecule has 0 bridgehead atoms. The van der Waals surface area contributed by atoms with Crippen molar-refractivity contribution < 1.29 is 36.0 Å². The summed E-state index contributed by atoms with van der Waals surface area (Å²) in [5.74, 6) is -1.80. The summed E-state index contributed by atoms with van der Waals surface area (Å²) < 4.78 is 74.0. The van der Waals surface area contributed by atoms with Gasteiger partial charge in [0.2, 0.25) is 5.91 Å². The highest BCUT2D eigenvalue weighted by molar-refractivity contribution is 9.10. The van der Waals surface area contributed by atoms with Crippen molar-refractivity contribution in [3.05, 3.63) is 50.9 Å². The Hall–Kier alpha value is -3.33. The lowest BCUT2D eigenvalue weighted by molar-refractivity contribution is -0.142. The standard InChI is InChI=1S/C23H17BrF5N5O3S/c1-8(34-16(9-4-5-9)14(24)18(33-34)23(27,28)29)21(36)32-15-13-10(12-3-2-6-37-12)7-11(19(25)26)31-22(13)38-17(15)20(30)35/h2-3,6-9,19H,4-5H2,1H3,(H2,30,35)(H,32,36). The minimum atomic E-state index is -4.75. The Morgan fingerprint density at radius 2 is 2.03 bits per heavy atom. The fraction of sp³-hybridized carbons (Fsp3) is 0.304. The molecule has 5 rings (SSSR count). The Labute approximate surface area is 223 Å². The number of fused-ring (bicyclic) bond motifs is 1. The van der Waals surface area contributed by atoms with Gasteiger partial charge in [0.15, 0.2) is 5.69 Å². The second-order valence-electron chi connectivity index (χ2n) is 8.65. The van der Waals surface area contributed by atoms with E-state index in [1.165, 1.54) is 25.3 Å². The summed E-state index contributed by atoms with van der Waals surface area (Å²) in [5.41, 5.74) is 4.05. The minimum absolute atomic E-state index is 0.00851. The Balaban J connectivity index is 1.62. The SMILES string of the molecule is CC(C(=O)Nc1c(C(N)=O)sc2nc(C(F)F)cc(-c3ccco3)c12)n1nc(C(F)(F)F)c(Br)c1C1CC1. The molecule has 4 aromatic heterocycles. The maximum absolute atomic E-state index is 13.6. The number of rotatable bonds is 7. The number of hydrogen-bond donors (Lipinski definition) is 2. The number of alkyl halides is 5. The molecule has 8 nitrogen and oxygen atoms in total. The topological polar surface area (TPSA) is 116 Å². The van der Waals surface area contributed by atoms with Gasteiger partial charge in [-0.1, -0.05) is 0 Å². The third-order valence-electron chi connectivity index (χ3n) is 6.03. The average molecular weight is 618 g/mol.